The summed E-state index contributed by atoms with van der Waals surface area (Å²) in [5, 5.41) is 2.93. The molecule has 3 amide bonds. The van der Waals surface area contributed by atoms with Gasteiger partial charge in [0.15, 0.2) is 6.61 Å². The van der Waals surface area contributed by atoms with Gasteiger partial charge in [0.25, 0.3) is 5.91 Å². The minimum absolute atomic E-state index is 0.129. The molecule has 0 spiro atoms. The van der Waals surface area contributed by atoms with E-state index in [1.807, 2.05) is 6.92 Å². The molecule has 3 aliphatic rings. The summed E-state index contributed by atoms with van der Waals surface area (Å²) in [4.78, 5) is 51.8. The van der Waals surface area contributed by atoms with Crippen molar-refractivity contribution < 1.29 is 23.9 Å². The van der Waals surface area contributed by atoms with Crippen molar-refractivity contribution in [3.8, 4) is 0 Å². The van der Waals surface area contributed by atoms with Crippen LogP contribution >= 0.6 is 27.5 Å². The van der Waals surface area contributed by atoms with E-state index in [1.165, 1.54) is 22.6 Å². The fourth-order valence-corrected chi connectivity index (χ4v) is 5.99. The summed E-state index contributed by atoms with van der Waals surface area (Å²) in [5.41, 5.74) is 2.23. The zero-order chi connectivity index (χ0) is 24.1. The number of fused-ring (bicyclic) bond motifs is 5. The Kier molecular flexibility index (Phi) is 5.81. The van der Waals surface area contributed by atoms with Crippen LogP contribution in [0.4, 0.5) is 11.4 Å². The third kappa shape index (κ3) is 3.84. The van der Waals surface area contributed by atoms with Gasteiger partial charge in [-0.3, -0.25) is 19.3 Å². The second-order valence-corrected chi connectivity index (χ2v) is 10.1. The van der Waals surface area contributed by atoms with Crippen molar-refractivity contribution in [1.29, 1.82) is 0 Å². The molecule has 1 saturated carbocycles. The van der Waals surface area contributed by atoms with Gasteiger partial charge in [0.05, 0.1) is 33.8 Å². The lowest BCUT2D eigenvalue weighted by molar-refractivity contribution is -0.123. The zero-order valence-electron chi connectivity index (χ0n) is 18.1. The molecular formula is C25H20BrClN2O5. The van der Waals surface area contributed by atoms with Crippen LogP contribution in [0.5, 0.6) is 0 Å². The first-order valence-electron chi connectivity index (χ1n) is 10.8. The van der Waals surface area contributed by atoms with Crippen LogP contribution in [0.1, 0.15) is 23.7 Å². The van der Waals surface area contributed by atoms with Crippen LogP contribution < -0.4 is 10.2 Å². The minimum atomic E-state index is -0.697. The number of amides is 3. The van der Waals surface area contributed by atoms with Gasteiger partial charge in [0, 0.05) is 4.47 Å². The second-order valence-electron chi connectivity index (χ2n) is 8.78. The highest BCUT2D eigenvalue weighted by atomic mass is 79.9. The van der Waals surface area contributed by atoms with E-state index in [0.29, 0.717) is 16.4 Å². The maximum atomic E-state index is 13.1. The van der Waals surface area contributed by atoms with Crippen LogP contribution in [0.2, 0.25) is 5.02 Å². The Labute approximate surface area is 209 Å². The third-order valence-electron chi connectivity index (χ3n) is 6.78. The van der Waals surface area contributed by atoms with Crippen molar-refractivity contribution in [3.63, 3.8) is 0 Å². The number of nitrogens with zero attached hydrogens (tertiary/aromatic N) is 1. The number of ether oxygens (including phenoxy) is 1. The van der Waals surface area contributed by atoms with Crippen molar-refractivity contribution in [2.45, 2.75) is 13.3 Å². The van der Waals surface area contributed by atoms with Gasteiger partial charge in [-0.05, 0) is 67.6 Å². The Morgan fingerprint density at radius 3 is 2.53 bits per heavy atom. The fourth-order valence-electron chi connectivity index (χ4n) is 5.27. The second kappa shape index (κ2) is 8.67. The molecule has 1 N–H and O–H groups in total. The van der Waals surface area contributed by atoms with E-state index in [9.17, 15) is 19.2 Å². The number of hydrogen-bond donors (Lipinski definition) is 1. The van der Waals surface area contributed by atoms with E-state index in [4.69, 9.17) is 16.3 Å². The molecule has 2 aromatic carbocycles. The van der Waals surface area contributed by atoms with Gasteiger partial charge in [0.2, 0.25) is 11.8 Å². The number of carbonyl (C=O) groups is 4. The Morgan fingerprint density at radius 2 is 1.82 bits per heavy atom. The summed E-state index contributed by atoms with van der Waals surface area (Å²) in [7, 11) is 0. The van der Waals surface area contributed by atoms with Crippen LogP contribution in [0.15, 0.2) is 58.6 Å². The van der Waals surface area contributed by atoms with Crippen LogP contribution in [-0.4, -0.2) is 30.3 Å². The maximum Gasteiger partial charge on any atom is 0.338 e. The van der Waals surface area contributed by atoms with Crippen LogP contribution in [0, 0.1) is 23.7 Å². The average Bonchev–Trinajstić information content (AvgIpc) is 3.44. The molecule has 0 unspecified atom stereocenters. The molecule has 1 saturated heterocycles. The monoisotopic (exact) mass is 542 g/mol. The first-order valence-corrected chi connectivity index (χ1v) is 12.0. The topological polar surface area (TPSA) is 92.8 Å². The number of esters is 1. The zero-order valence-corrected chi connectivity index (χ0v) is 20.4. The van der Waals surface area contributed by atoms with Gasteiger partial charge in [-0.25, -0.2) is 4.79 Å². The highest BCUT2D eigenvalue weighted by Gasteiger charge is 2.60. The Balaban J connectivity index is 1.21. The molecule has 7 nitrogen and oxygen atoms in total. The number of anilines is 2. The van der Waals surface area contributed by atoms with Gasteiger partial charge in [0.1, 0.15) is 0 Å². The molecule has 34 heavy (non-hydrogen) atoms. The summed E-state index contributed by atoms with van der Waals surface area (Å²) >= 11 is 9.36. The van der Waals surface area contributed by atoms with Gasteiger partial charge < -0.3 is 10.1 Å². The summed E-state index contributed by atoms with van der Waals surface area (Å²) < 4.78 is 5.85. The predicted octanol–water partition coefficient (Wildman–Crippen LogP) is 4.60. The van der Waals surface area contributed by atoms with E-state index < -0.39 is 18.5 Å². The van der Waals surface area contributed by atoms with Crippen molar-refractivity contribution in [1.82, 2.24) is 0 Å². The Morgan fingerprint density at radius 1 is 1.12 bits per heavy atom. The predicted molar refractivity (Wildman–Crippen MR) is 129 cm³/mol. The van der Waals surface area contributed by atoms with E-state index in [0.717, 1.165) is 10.9 Å². The number of nitrogens with one attached hydrogen (secondary N) is 1. The maximum absolute atomic E-state index is 13.1. The number of hydrogen-bond acceptors (Lipinski definition) is 5. The summed E-state index contributed by atoms with van der Waals surface area (Å²) in [6, 6.07) is 11.1. The molecule has 9 heteroatoms. The van der Waals surface area contributed by atoms with Crippen molar-refractivity contribution in [2.75, 3.05) is 16.8 Å². The van der Waals surface area contributed by atoms with Gasteiger partial charge in [-0.1, -0.05) is 39.2 Å². The third-order valence-corrected chi connectivity index (χ3v) is 7.59. The van der Waals surface area contributed by atoms with Crippen LogP contribution in [0.25, 0.3) is 0 Å². The van der Waals surface area contributed by atoms with Crippen molar-refractivity contribution >= 4 is 62.6 Å². The van der Waals surface area contributed by atoms with Crippen molar-refractivity contribution in [3.05, 3.63) is 69.2 Å². The molecule has 2 aliphatic carbocycles. The molecule has 2 aromatic rings. The first kappa shape index (κ1) is 22.8. The van der Waals surface area contributed by atoms with E-state index in [2.05, 4.69) is 27.3 Å². The Hall–Kier alpha value is -2.97. The highest BCUT2D eigenvalue weighted by Crippen LogP contribution is 2.55. The average molecular weight is 544 g/mol. The molecule has 2 fully saturated rings. The molecule has 1 heterocycles. The molecule has 2 bridgehead atoms. The number of benzene rings is 2. The standard InChI is InChI=1S/C25H20BrClN2O5/c1-12-8-14-9-17(12)22-21(14)23(31)29(24(22)32)16-5-2-13(3-6-16)25(33)34-11-20(30)28-19-7-4-15(26)10-18(19)27/h2-8,10,14,17,21-22H,9,11H2,1H3,(H,28,30)/t14-,17+,21-,22+/m0/s1. The van der Waals surface area contributed by atoms with Gasteiger partial charge >= 0.3 is 5.97 Å². The molecular weight excluding hydrogens is 524 g/mol. The fraction of sp³-hybridized carbons (Fsp3) is 0.280. The number of imide groups is 1. The smallest absolute Gasteiger partial charge is 0.338 e. The van der Waals surface area contributed by atoms with Gasteiger partial charge in [-0.2, -0.15) is 0 Å². The molecule has 1 aliphatic heterocycles. The molecule has 0 radical (unpaired) electrons. The van der Waals surface area contributed by atoms with E-state index in [1.54, 1.807) is 30.3 Å². The Bertz CT molecular complexity index is 1260. The van der Waals surface area contributed by atoms with Gasteiger partial charge in [-0.15, -0.1) is 0 Å². The van der Waals surface area contributed by atoms with Crippen LogP contribution in [0.3, 0.4) is 0 Å². The number of allylic oxidation sites excluding steroid dienone is 2. The normalized spacial score (nSPS) is 24.8. The lowest BCUT2D eigenvalue weighted by atomic mass is 9.82. The summed E-state index contributed by atoms with van der Waals surface area (Å²) in [5.74, 6) is -1.88. The lowest BCUT2D eigenvalue weighted by Crippen LogP contribution is -2.33. The molecule has 5 rings (SSSR count). The van der Waals surface area contributed by atoms with Crippen LogP contribution in [-0.2, 0) is 19.1 Å². The lowest BCUT2D eigenvalue weighted by Gasteiger charge is -2.19. The SMILES string of the molecule is CC1=C[C@H]2C[C@H]1[C@H]1C(=O)N(c3ccc(C(=O)OCC(=O)Nc4ccc(Br)cc4Cl)cc3)C(=O)[C@H]12. The minimum Gasteiger partial charge on any atom is -0.452 e. The number of rotatable bonds is 5. The van der Waals surface area contributed by atoms with E-state index >= 15 is 0 Å². The number of carbonyl (C=O) groups excluding carboxylic acids is 4. The quantitative estimate of drug-likeness (QED) is 0.338. The summed E-state index contributed by atoms with van der Waals surface area (Å²) in [6.45, 7) is 1.53. The largest absolute Gasteiger partial charge is 0.452 e. The van der Waals surface area contributed by atoms with E-state index in [-0.39, 0.29) is 41.0 Å². The molecule has 0 aromatic heterocycles. The summed E-state index contributed by atoms with van der Waals surface area (Å²) in [6.07, 6.45) is 3.00. The van der Waals surface area contributed by atoms with Crippen molar-refractivity contribution in [2.24, 2.45) is 23.7 Å². The highest BCUT2D eigenvalue weighted by molar-refractivity contribution is 9.10. The first-order chi connectivity index (χ1) is 16.2. The molecule has 174 valence electrons. The molecule has 4 atom stereocenters. The number of halogens is 2.